The minimum atomic E-state index is -0.454. The first kappa shape index (κ1) is 17.6. The van der Waals surface area contributed by atoms with Gasteiger partial charge in [-0.3, -0.25) is 14.9 Å². The molecule has 0 bridgehead atoms. The number of aromatic nitrogens is 1. The number of nitro groups is 1. The van der Waals surface area contributed by atoms with Gasteiger partial charge in [0, 0.05) is 12.1 Å². The number of nitrogens with zero attached hydrogens (tertiary/aromatic N) is 3. The lowest BCUT2D eigenvalue weighted by molar-refractivity contribution is -0.384. The van der Waals surface area contributed by atoms with Gasteiger partial charge in [-0.05, 0) is 18.6 Å². The largest absolute Gasteiger partial charge is 0.305 e. The zero-order chi connectivity index (χ0) is 18.7. The van der Waals surface area contributed by atoms with E-state index in [0.717, 1.165) is 16.6 Å². The predicted octanol–water partition coefficient (Wildman–Crippen LogP) is 3.22. The third-order valence-electron chi connectivity index (χ3n) is 3.78. The number of hydrogen-bond acceptors (Lipinski definition) is 4. The van der Waals surface area contributed by atoms with Gasteiger partial charge in [0.05, 0.1) is 28.1 Å². The van der Waals surface area contributed by atoms with Crippen LogP contribution in [0.2, 0.25) is 0 Å². The Morgan fingerprint density at radius 2 is 2.15 bits per heavy atom. The van der Waals surface area contributed by atoms with Crippen molar-refractivity contribution in [3.8, 4) is 12.3 Å². The molecule has 26 heavy (non-hydrogen) atoms. The standard InChI is InChI=1S/C19H15N3O3S/c1-3-9-21-16-8-7-15(22(24)25)12-17(16)26-19(21)20-18(23)11-14-6-4-5-13(2)10-14/h1,4-8,10,12H,9,11H2,2H3. The van der Waals surface area contributed by atoms with Crippen molar-refractivity contribution in [3.63, 3.8) is 0 Å². The molecule has 1 aromatic heterocycles. The average Bonchev–Trinajstić information content (AvgIpc) is 2.91. The van der Waals surface area contributed by atoms with Crippen molar-refractivity contribution in [1.82, 2.24) is 4.57 Å². The summed E-state index contributed by atoms with van der Waals surface area (Å²) in [6, 6.07) is 12.2. The summed E-state index contributed by atoms with van der Waals surface area (Å²) >= 11 is 1.21. The second kappa shape index (κ2) is 7.33. The Labute approximate surface area is 153 Å². The first-order valence-corrected chi connectivity index (χ1v) is 8.64. The number of fused-ring (bicyclic) bond motifs is 1. The first-order valence-electron chi connectivity index (χ1n) is 7.82. The number of rotatable bonds is 4. The van der Waals surface area contributed by atoms with Crippen molar-refractivity contribution in [1.29, 1.82) is 0 Å². The maximum Gasteiger partial charge on any atom is 0.270 e. The molecule has 3 aromatic rings. The number of non-ortho nitro benzene ring substituents is 1. The molecule has 0 aliphatic heterocycles. The lowest BCUT2D eigenvalue weighted by atomic mass is 10.1. The van der Waals surface area contributed by atoms with E-state index >= 15 is 0 Å². The smallest absolute Gasteiger partial charge is 0.270 e. The van der Waals surface area contributed by atoms with Crippen LogP contribution in [-0.4, -0.2) is 15.4 Å². The Balaban J connectivity index is 2.03. The summed E-state index contributed by atoms with van der Waals surface area (Å²) in [7, 11) is 0. The van der Waals surface area contributed by atoms with Crippen molar-refractivity contribution in [2.75, 3.05) is 0 Å². The van der Waals surface area contributed by atoms with Crippen LogP contribution in [0.25, 0.3) is 10.2 Å². The van der Waals surface area contributed by atoms with Gasteiger partial charge in [0.1, 0.15) is 0 Å². The number of amides is 1. The SMILES string of the molecule is C#CCn1c(=NC(=O)Cc2cccc(C)c2)sc2cc([N+](=O)[O-])ccc21. The summed E-state index contributed by atoms with van der Waals surface area (Å²) in [6.07, 6.45) is 5.61. The van der Waals surface area contributed by atoms with Crippen LogP contribution in [0.5, 0.6) is 0 Å². The van der Waals surface area contributed by atoms with Gasteiger partial charge in [0.15, 0.2) is 4.80 Å². The van der Waals surface area contributed by atoms with Crippen molar-refractivity contribution in [2.45, 2.75) is 19.9 Å². The molecule has 0 N–H and O–H groups in total. The normalized spacial score (nSPS) is 11.5. The van der Waals surface area contributed by atoms with Crippen LogP contribution in [0.15, 0.2) is 47.5 Å². The Morgan fingerprint density at radius 3 is 2.85 bits per heavy atom. The molecule has 7 heteroatoms. The van der Waals surface area contributed by atoms with E-state index in [4.69, 9.17) is 6.42 Å². The minimum Gasteiger partial charge on any atom is -0.305 e. The lowest BCUT2D eigenvalue weighted by Gasteiger charge is -2.00. The molecule has 0 radical (unpaired) electrons. The molecule has 6 nitrogen and oxygen atoms in total. The van der Waals surface area contributed by atoms with E-state index in [2.05, 4.69) is 10.9 Å². The molecule has 0 atom stereocenters. The van der Waals surface area contributed by atoms with E-state index in [-0.39, 0.29) is 24.6 Å². The number of terminal acetylenes is 1. The van der Waals surface area contributed by atoms with Gasteiger partial charge in [0.2, 0.25) is 0 Å². The van der Waals surface area contributed by atoms with Crippen LogP contribution in [0.4, 0.5) is 5.69 Å². The molecule has 1 amide bonds. The quantitative estimate of drug-likeness (QED) is 0.405. The zero-order valence-electron chi connectivity index (χ0n) is 14.0. The highest BCUT2D eigenvalue weighted by molar-refractivity contribution is 7.16. The maximum atomic E-state index is 12.4. The highest BCUT2D eigenvalue weighted by Crippen LogP contribution is 2.23. The third kappa shape index (κ3) is 3.71. The molecule has 130 valence electrons. The Bertz CT molecular complexity index is 1120. The second-order valence-electron chi connectivity index (χ2n) is 5.76. The number of carbonyl (C=O) groups excluding carboxylic acids is 1. The molecule has 0 fully saturated rings. The molecule has 0 unspecified atom stereocenters. The van der Waals surface area contributed by atoms with Crippen LogP contribution < -0.4 is 4.80 Å². The van der Waals surface area contributed by atoms with Gasteiger partial charge in [-0.1, -0.05) is 47.1 Å². The monoisotopic (exact) mass is 365 g/mol. The summed E-state index contributed by atoms with van der Waals surface area (Å²) in [6.45, 7) is 2.19. The Hall–Kier alpha value is -3.24. The van der Waals surface area contributed by atoms with E-state index in [1.807, 2.05) is 31.2 Å². The highest BCUT2D eigenvalue weighted by atomic mass is 32.1. The second-order valence-corrected chi connectivity index (χ2v) is 6.76. The molecule has 0 spiro atoms. The van der Waals surface area contributed by atoms with E-state index < -0.39 is 4.92 Å². The summed E-state index contributed by atoms with van der Waals surface area (Å²) in [5.41, 5.74) is 2.68. The van der Waals surface area contributed by atoms with Gasteiger partial charge in [-0.2, -0.15) is 4.99 Å². The van der Waals surface area contributed by atoms with E-state index in [1.165, 1.54) is 23.5 Å². The van der Waals surface area contributed by atoms with E-state index in [1.54, 1.807) is 10.6 Å². The number of thiazole rings is 1. The van der Waals surface area contributed by atoms with Crippen molar-refractivity contribution in [3.05, 3.63) is 68.5 Å². The fourth-order valence-corrected chi connectivity index (χ4v) is 3.73. The summed E-state index contributed by atoms with van der Waals surface area (Å²) < 4.78 is 2.38. The minimum absolute atomic E-state index is 0.00996. The van der Waals surface area contributed by atoms with Crippen LogP contribution in [0.3, 0.4) is 0 Å². The highest BCUT2D eigenvalue weighted by Gasteiger charge is 2.12. The molecular formula is C19H15N3O3S. The molecule has 0 aliphatic carbocycles. The average molecular weight is 365 g/mol. The van der Waals surface area contributed by atoms with Crippen LogP contribution >= 0.6 is 11.3 Å². The lowest BCUT2D eigenvalue weighted by Crippen LogP contribution is -2.17. The molecule has 3 rings (SSSR count). The fourth-order valence-electron chi connectivity index (χ4n) is 2.65. The van der Waals surface area contributed by atoms with E-state index in [9.17, 15) is 14.9 Å². The van der Waals surface area contributed by atoms with E-state index in [0.29, 0.717) is 9.50 Å². The molecular weight excluding hydrogens is 350 g/mol. The topological polar surface area (TPSA) is 77.5 Å². The van der Waals surface area contributed by atoms with Crippen molar-refractivity contribution >= 4 is 33.1 Å². The maximum absolute atomic E-state index is 12.4. The Kier molecular flexibility index (Phi) is 4.96. The summed E-state index contributed by atoms with van der Waals surface area (Å²) in [5.74, 6) is 2.25. The summed E-state index contributed by atoms with van der Waals surface area (Å²) in [4.78, 5) is 27.5. The molecule has 1 heterocycles. The van der Waals surface area contributed by atoms with Gasteiger partial charge < -0.3 is 4.57 Å². The van der Waals surface area contributed by atoms with Crippen molar-refractivity contribution in [2.24, 2.45) is 4.99 Å². The molecule has 0 saturated heterocycles. The number of benzene rings is 2. The third-order valence-corrected chi connectivity index (χ3v) is 4.83. The van der Waals surface area contributed by atoms with Crippen molar-refractivity contribution < 1.29 is 9.72 Å². The predicted molar refractivity (Wildman–Crippen MR) is 101 cm³/mol. The first-order chi connectivity index (χ1) is 12.5. The number of aryl methyl sites for hydroxylation is 1. The number of carbonyl (C=O) groups is 1. The summed E-state index contributed by atoms with van der Waals surface area (Å²) in [5, 5.41) is 11.0. The number of hydrogen-bond donors (Lipinski definition) is 0. The van der Waals surface area contributed by atoms with Gasteiger partial charge in [0.25, 0.3) is 11.6 Å². The van der Waals surface area contributed by atoms with Crippen LogP contribution in [0, 0.1) is 29.4 Å². The van der Waals surface area contributed by atoms with Crippen LogP contribution in [0.1, 0.15) is 11.1 Å². The van der Waals surface area contributed by atoms with Gasteiger partial charge >= 0.3 is 0 Å². The molecule has 0 saturated carbocycles. The fraction of sp³-hybridized carbons (Fsp3) is 0.158. The molecule has 2 aromatic carbocycles. The van der Waals surface area contributed by atoms with Crippen LogP contribution in [-0.2, 0) is 17.8 Å². The number of nitro benzene ring substituents is 1. The Morgan fingerprint density at radius 1 is 1.35 bits per heavy atom. The molecule has 0 aliphatic rings. The van der Waals surface area contributed by atoms with Gasteiger partial charge in [-0.15, -0.1) is 6.42 Å². The zero-order valence-corrected chi connectivity index (χ0v) is 14.8. The van der Waals surface area contributed by atoms with Gasteiger partial charge in [-0.25, -0.2) is 0 Å².